The van der Waals surface area contributed by atoms with Crippen molar-refractivity contribution in [1.82, 2.24) is 0 Å². The van der Waals surface area contributed by atoms with Crippen molar-refractivity contribution in [2.45, 2.75) is 490 Å². The van der Waals surface area contributed by atoms with Gasteiger partial charge in [0.2, 0.25) is 0 Å². The van der Waals surface area contributed by atoms with Crippen LogP contribution in [0.1, 0.15) is 478 Å². The second-order valence-electron chi connectivity index (χ2n) is 30.9. The molecule has 1 saturated carbocycles. The summed E-state index contributed by atoms with van der Waals surface area (Å²) < 4.78 is 6.69. The lowest BCUT2D eigenvalue weighted by Crippen LogP contribution is -2.40. The van der Waals surface area contributed by atoms with Crippen LogP contribution in [0.2, 0.25) is 0 Å². The molecule has 1 aliphatic rings. The molecule has 1 fully saturated rings. The molecule has 0 heterocycles. The first-order valence-corrected chi connectivity index (χ1v) is 42.2. The lowest BCUT2D eigenvalue weighted by atomic mass is 9.75. The zero-order valence-electron chi connectivity index (χ0n) is 62.5. The average Bonchev–Trinajstić information content (AvgIpc) is 2.20. The van der Waals surface area contributed by atoms with Gasteiger partial charge in [0.1, 0.15) is 0 Å². The highest BCUT2D eigenvalue weighted by atomic mass is 16.5. The third-order valence-corrected chi connectivity index (χ3v) is 22.5. The second-order valence-corrected chi connectivity index (χ2v) is 30.9. The predicted octanol–water partition coefficient (Wildman–Crippen LogP) is 29.4. The zero-order valence-corrected chi connectivity index (χ0v) is 62.5. The summed E-state index contributed by atoms with van der Waals surface area (Å²) >= 11 is 0. The highest BCUT2D eigenvalue weighted by Gasteiger charge is 2.53. The van der Waals surface area contributed by atoms with E-state index >= 15 is 0 Å². The molecule has 0 spiro atoms. The van der Waals surface area contributed by atoms with Gasteiger partial charge in [-0.05, 0) is 67.6 Å². The number of aliphatic hydroxyl groups excluding tert-OH is 1. The molecule has 0 aromatic heterocycles. The van der Waals surface area contributed by atoms with Gasteiger partial charge in [-0.3, -0.25) is 4.79 Å². The summed E-state index contributed by atoms with van der Waals surface area (Å²) in [6.07, 6.45) is 91.8. The van der Waals surface area contributed by atoms with Crippen molar-refractivity contribution in [1.29, 1.82) is 0 Å². The standard InChI is InChI=1S/C85H168O4/c1-8-12-16-20-24-28-32-36-39-41-42-43-44-46-48-51-55-59-63-67-71-76(5)82(85(87)88)83(86)78(73-69-65-61-57-53-50-38-34-30-26-22-18-14-10-3)80-75-81(80)79(74-70-66-62-58-54-47-35-31-27-23-19-15-11-4)84(89-7)77(6)72-68-64-60-56-52-49-45-40-37-33-29-25-21-17-13-9-2/h76-84,86H,8-75H2,1-7H3,(H,87,88)/t76?,77-,78?,79?,80+,81-,82-,83-,84+/m1/s1. The fraction of sp³-hybridized carbons (Fsp3) is 0.988. The molecule has 0 bridgehead atoms. The van der Waals surface area contributed by atoms with Gasteiger partial charge in [-0.2, -0.15) is 0 Å². The van der Waals surface area contributed by atoms with E-state index in [0.717, 1.165) is 32.1 Å². The number of carboxylic acids is 1. The van der Waals surface area contributed by atoms with Crippen LogP contribution in [-0.2, 0) is 9.53 Å². The molecule has 4 heteroatoms. The number of rotatable bonds is 76. The van der Waals surface area contributed by atoms with Gasteiger partial charge in [0.25, 0.3) is 0 Å². The average molecular weight is 1250 g/mol. The van der Waals surface area contributed by atoms with E-state index in [0.29, 0.717) is 23.7 Å². The first-order valence-electron chi connectivity index (χ1n) is 42.2. The Morgan fingerprint density at radius 3 is 0.719 bits per heavy atom. The Labute approximate surface area is 561 Å². The SMILES string of the molecule is CCCCCCCCCCCCCCCCCCCCCCC(C)[C@@H](C(=O)O)[C@H](O)C(CCCCCCCCCCCCCCCC)[C@@H]1C[C@@H]1C(CCCCCCCCCCCCCCC)[C@@H](OC)[C@H](C)CCCCCCCCCCCCCCCCCC. The van der Waals surface area contributed by atoms with E-state index in [1.807, 2.05) is 7.11 Å². The number of hydrogen-bond donors (Lipinski definition) is 2. The molecule has 1 aliphatic carbocycles. The van der Waals surface area contributed by atoms with Crippen LogP contribution in [0.15, 0.2) is 0 Å². The van der Waals surface area contributed by atoms with E-state index in [9.17, 15) is 15.0 Å². The summed E-state index contributed by atoms with van der Waals surface area (Å²) in [5.74, 6) is 0.575. The molecule has 1 rings (SSSR count). The van der Waals surface area contributed by atoms with Gasteiger partial charge >= 0.3 is 5.97 Å². The van der Waals surface area contributed by atoms with E-state index in [-0.39, 0.29) is 17.9 Å². The molecule has 0 saturated heterocycles. The van der Waals surface area contributed by atoms with Gasteiger partial charge in [-0.1, -0.05) is 446 Å². The third-order valence-electron chi connectivity index (χ3n) is 22.5. The van der Waals surface area contributed by atoms with Crippen LogP contribution >= 0.6 is 0 Å². The quantitative estimate of drug-likeness (QED) is 0.0596. The number of ether oxygens (including phenoxy) is 1. The summed E-state index contributed by atoms with van der Waals surface area (Å²) in [5, 5.41) is 23.7. The molecule has 0 radical (unpaired) electrons. The fourth-order valence-corrected chi connectivity index (χ4v) is 16.4. The number of aliphatic hydroxyl groups is 1. The second kappa shape index (κ2) is 67.4. The van der Waals surface area contributed by atoms with Crippen LogP contribution in [-0.4, -0.2) is 35.5 Å². The Morgan fingerprint density at radius 2 is 0.494 bits per heavy atom. The monoisotopic (exact) mass is 1250 g/mol. The molecular formula is C85H168O4. The fourth-order valence-electron chi connectivity index (χ4n) is 16.4. The number of methoxy groups -OCH3 is 1. The van der Waals surface area contributed by atoms with E-state index < -0.39 is 18.0 Å². The van der Waals surface area contributed by atoms with Gasteiger partial charge in [0.15, 0.2) is 0 Å². The van der Waals surface area contributed by atoms with Crippen LogP contribution < -0.4 is 0 Å². The highest BCUT2D eigenvalue weighted by molar-refractivity contribution is 5.71. The summed E-state index contributed by atoms with van der Waals surface area (Å²) in [4.78, 5) is 13.5. The Kier molecular flexibility index (Phi) is 65.4. The minimum Gasteiger partial charge on any atom is -0.481 e. The number of hydrogen-bond acceptors (Lipinski definition) is 3. The summed E-state index contributed by atoms with van der Waals surface area (Å²) in [5.41, 5.74) is 0. The maximum Gasteiger partial charge on any atom is 0.309 e. The van der Waals surface area contributed by atoms with Crippen molar-refractivity contribution >= 4 is 5.97 Å². The van der Waals surface area contributed by atoms with Crippen LogP contribution in [0.5, 0.6) is 0 Å². The first kappa shape index (κ1) is 86.4. The Balaban J connectivity index is 2.91. The van der Waals surface area contributed by atoms with Crippen LogP contribution in [0, 0.1) is 41.4 Å². The van der Waals surface area contributed by atoms with Crippen LogP contribution in [0.4, 0.5) is 0 Å². The van der Waals surface area contributed by atoms with E-state index in [1.165, 1.54) is 405 Å². The van der Waals surface area contributed by atoms with Crippen molar-refractivity contribution in [3.05, 3.63) is 0 Å². The summed E-state index contributed by atoms with van der Waals surface area (Å²) in [7, 11) is 2.01. The van der Waals surface area contributed by atoms with Crippen molar-refractivity contribution in [3.8, 4) is 0 Å². The third kappa shape index (κ3) is 52.3. The molecule has 532 valence electrons. The van der Waals surface area contributed by atoms with E-state index in [1.54, 1.807) is 0 Å². The molecule has 2 N–H and O–H groups in total. The minimum atomic E-state index is -0.773. The Bertz CT molecular complexity index is 1380. The number of carbonyl (C=O) groups is 1. The molecule has 0 aromatic rings. The maximum atomic E-state index is 13.5. The zero-order chi connectivity index (χ0) is 64.6. The van der Waals surface area contributed by atoms with Crippen molar-refractivity contribution in [2.75, 3.05) is 7.11 Å². The number of carboxylic acid groups (broad SMARTS) is 1. The molecule has 0 aliphatic heterocycles. The molecule has 0 amide bonds. The van der Waals surface area contributed by atoms with Gasteiger partial charge in [0, 0.05) is 7.11 Å². The van der Waals surface area contributed by atoms with Crippen molar-refractivity contribution in [2.24, 2.45) is 41.4 Å². The maximum absolute atomic E-state index is 13.5. The first-order chi connectivity index (χ1) is 43.8. The summed E-state index contributed by atoms with van der Waals surface area (Å²) in [6, 6.07) is 0. The van der Waals surface area contributed by atoms with Crippen molar-refractivity contribution in [3.63, 3.8) is 0 Å². The summed E-state index contributed by atoms with van der Waals surface area (Å²) in [6.45, 7) is 13.9. The highest BCUT2D eigenvalue weighted by Crippen LogP contribution is 2.56. The Morgan fingerprint density at radius 1 is 0.303 bits per heavy atom. The smallest absolute Gasteiger partial charge is 0.309 e. The lowest BCUT2D eigenvalue weighted by molar-refractivity contribution is -0.151. The van der Waals surface area contributed by atoms with E-state index in [4.69, 9.17) is 4.74 Å². The normalized spacial score (nSPS) is 16.6. The largest absolute Gasteiger partial charge is 0.481 e. The number of aliphatic carboxylic acids is 1. The molecule has 0 aromatic carbocycles. The van der Waals surface area contributed by atoms with Gasteiger partial charge in [0.05, 0.1) is 18.1 Å². The van der Waals surface area contributed by atoms with Gasteiger partial charge in [-0.25, -0.2) is 0 Å². The number of unbranched alkanes of at least 4 members (excludes halogenated alkanes) is 59. The Hall–Kier alpha value is -0.610. The molecule has 4 nitrogen and oxygen atoms in total. The minimum absolute atomic E-state index is 0.0119. The molecular weight excluding hydrogens is 1080 g/mol. The van der Waals surface area contributed by atoms with Gasteiger partial charge in [-0.15, -0.1) is 0 Å². The van der Waals surface area contributed by atoms with Crippen molar-refractivity contribution < 1.29 is 19.7 Å². The van der Waals surface area contributed by atoms with Crippen LogP contribution in [0.25, 0.3) is 0 Å². The molecule has 89 heavy (non-hydrogen) atoms. The van der Waals surface area contributed by atoms with Gasteiger partial charge < -0.3 is 14.9 Å². The molecule has 9 atom stereocenters. The van der Waals surface area contributed by atoms with Crippen LogP contribution in [0.3, 0.4) is 0 Å². The topological polar surface area (TPSA) is 66.8 Å². The van der Waals surface area contributed by atoms with E-state index in [2.05, 4.69) is 41.5 Å². The lowest BCUT2D eigenvalue weighted by Gasteiger charge is -2.35. The predicted molar refractivity (Wildman–Crippen MR) is 397 cm³/mol. The molecule has 3 unspecified atom stereocenters.